The molecule has 6 nitrogen and oxygen atoms in total. The number of hydrogen-bond acceptors (Lipinski definition) is 5. The third-order valence-corrected chi connectivity index (χ3v) is 5.70. The van der Waals surface area contributed by atoms with Gasteiger partial charge in [0.15, 0.2) is 0 Å². The monoisotopic (exact) mass is 478 g/mol. The van der Waals surface area contributed by atoms with Gasteiger partial charge in [0.05, 0.1) is 18.7 Å². The van der Waals surface area contributed by atoms with E-state index in [1.54, 1.807) is 48.8 Å². The van der Waals surface area contributed by atoms with Crippen LogP contribution in [0.4, 0.5) is 0 Å². The molecule has 1 fully saturated rings. The molecule has 1 N–H and O–H groups in total. The number of hydrogen-bond donors (Lipinski definition) is 1. The van der Waals surface area contributed by atoms with E-state index < -0.39 is 17.7 Å². The number of methoxy groups -OCH3 is 1. The molecule has 1 aliphatic rings. The van der Waals surface area contributed by atoms with Crippen LogP contribution in [-0.2, 0) is 16.1 Å². The number of rotatable bonds is 5. The topological polar surface area (TPSA) is 79.7 Å². The van der Waals surface area contributed by atoms with E-state index in [-0.39, 0.29) is 17.9 Å². The maximum Gasteiger partial charge on any atom is 0.295 e. The highest BCUT2D eigenvalue weighted by atomic mass is 79.9. The van der Waals surface area contributed by atoms with Gasteiger partial charge in [-0.05, 0) is 47.5 Å². The third-order valence-electron chi connectivity index (χ3n) is 5.17. The Morgan fingerprint density at radius 3 is 2.48 bits per heavy atom. The predicted octanol–water partition coefficient (Wildman–Crippen LogP) is 4.47. The van der Waals surface area contributed by atoms with Crippen molar-refractivity contribution in [2.45, 2.75) is 12.6 Å². The van der Waals surface area contributed by atoms with Gasteiger partial charge in [-0.25, -0.2) is 0 Å². The Kier molecular flexibility index (Phi) is 5.86. The van der Waals surface area contributed by atoms with Crippen LogP contribution in [0.3, 0.4) is 0 Å². The lowest BCUT2D eigenvalue weighted by Crippen LogP contribution is -2.29. The Labute approximate surface area is 187 Å². The lowest BCUT2D eigenvalue weighted by molar-refractivity contribution is -0.140. The number of ether oxygens (including phenoxy) is 1. The fourth-order valence-corrected chi connectivity index (χ4v) is 3.91. The van der Waals surface area contributed by atoms with E-state index in [1.807, 2.05) is 24.3 Å². The Morgan fingerprint density at radius 1 is 1.10 bits per heavy atom. The molecular formula is C24H19BrN2O4. The van der Waals surface area contributed by atoms with E-state index in [1.165, 1.54) is 12.0 Å². The lowest BCUT2D eigenvalue weighted by Gasteiger charge is -2.25. The van der Waals surface area contributed by atoms with Crippen LogP contribution in [0.2, 0.25) is 0 Å². The van der Waals surface area contributed by atoms with E-state index in [9.17, 15) is 14.7 Å². The largest absolute Gasteiger partial charge is 0.507 e. The highest BCUT2D eigenvalue weighted by Crippen LogP contribution is 2.40. The molecule has 1 unspecified atom stereocenters. The summed E-state index contributed by atoms with van der Waals surface area (Å²) in [7, 11) is 1.52. The molecule has 156 valence electrons. The molecule has 1 saturated heterocycles. The van der Waals surface area contributed by atoms with E-state index in [0.717, 1.165) is 15.6 Å². The molecule has 4 rings (SSSR count). The molecule has 0 aliphatic carbocycles. The normalized spacial score (nSPS) is 17.7. The summed E-state index contributed by atoms with van der Waals surface area (Å²) >= 11 is 3.41. The first kappa shape index (κ1) is 20.8. The molecule has 1 aromatic heterocycles. The van der Waals surface area contributed by atoms with E-state index >= 15 is 0 Å². The second-order valence-corrected chi connectivity index (χ2v) is 7.98. The van der Waals surface area contributed by atoms with Gasteiger partial charge in [0.1, 0.15) is 11.5 Å². The van der Waals surface area contributed by atoms with E-state index in [0.29, 0.717) is 11.3 Å². The van der Waals surface area contributed by atoms with Gasteiger partial charge in [-0.3, -0.25) is 14.6 Å². The fourth-order valence-electron chi connectivity index (χ4n) is 3.65. The number of aromatic nitrogens is 1. The van der Waals surface area contributed by atoms with Gasteiger partial charge in [0, 0.05) is 29.0 Å². The summed E-state index contributed by atoms with van der Waals surface area (Å²) in [6, 6.07) is 17.0. The number of carbonyl (C=O) groups excluding carboxylic acids is 2. The summed E-state index contributed by atoms with van der Waals surface area (Å²) in [5.74, 6) is -1.07. The van der Waals surface area contributed by atoms with Gasteiger partial charge < -0.3 is 14.7 Å². The molecule has 2 aromatic carbocycles. The highest BCUT2D eigenvalue weighted by molar-refractivity contribution is 9.10. The lowest BCUT2D eigenvalue weighted by atomic mass is 9.95. The number of halogens is 1. The first-order chi connectivity index (χ1) is 15.0. The Hall–Kier alpha value is -3.45. The van der Waals surface area contributed by atoms with Crippen LogP contribution in [0, 0.1) is 0 Å². The smallest absolute Gasteiger partial charge is 0.295 e. The molecule has 1 atom stereocenters. The number of pyridine rings is 1. The van der Waals surface area contributed by atoms with Crippen molar-refractivity contribution in [1.29, 1.82) is 0 Å². The van der Waals surface area contributed by atoms with Crippen LogP contribution >= 0.6 is 15.9 Å². The van der Waals surface area contributed by atoms with Gasteiger partial charge in [-0.1, -0.05) is 40.2 Å². The zero-order valence-electron chi connectivity index (χ0n) is 16.7. The van der Waals surface area contributed by atoms with E-state index in [4.69, 9.17) is 4.74 Å². The number of carbonyl (C=O) groups is 2. The van der Waals surface area contributed by atoms with Crippen molar-refractivity contribution in [1.82, 2.24) is 9.88 Å². The molecule has 3 aromatic rings. The molecule has 1 aliphatic heterocycles. The van der Waals surface area contributed by atoms with Crippen LogP contribution in [-0.4, -0.2) is 33.8 Å². The molecule has 0 radical (unpaired) electrons. The second kappa shape index (κ2) is 8.73. The van der Waals surface area contributed by atoms with Crippen LogP contribution in [0.1, 0.15) is 22.7 Å². The summed E-state index contributed by atoms with van der Waals surface area (Å²) in [4.78, 5) is 31.6. The molecule has 2 heterocycles. The molecule has 1 amide bonds. The SMILES string of the molecule is COc1cccc(C(O)=C2C(=O)C(=O)N(Cc3ccncc3)C2c2ccc(Br)cc2)c1. The van der Waals surface area contributed by atoms with Crippen molar-refractivity contribution in [3.63, 3.8) is 0 Å². The zero-order valence-corrected chi connectivity index (χ0v) is 18.2. The van der Waals surface area contributed by atoms with Gasteiger partial charge in [0.25, 0.3) is 11.7 Å². The van der Waals surface area contributed by atoms with Crippen molar-refractivity contribution < 1.29 is 19.4 Å². The molecule has 7 heteroatoms. The molecular weight excluding hydrogens is 460 g/mol. The molecule has 0 bridgehead atoms. The number of likely N-dealkylation sites (tertiary alicyclic amines) is 1. The van der Waals surface area contributed by atoms with Crippen molar-refractivity contribution in [3.8, 4) is 5.75 Å². The van der Waals surface area contributed by atoms with Crippen molar-refractivity contribution in [2.24, 2.45) is 0 Å². The maximum absolute atomic E-state index is 13.1. The average Bonchev–Trinajstić information content (AvgIpc) is 3.05. The standard InChI is InChI=1S/C24H19BrN2O4/c1-31-19-4-2-3-17(13-19)22(28)20-21(16-5-7-18(25)8-6-16)27(24(30)23(20)29)14-15-9-11-26-12-10-15/h2-13,21,28H,14H2,1H3. The van der Waals surface area contributed by atoms with Gasteiger partial charge >= 0.3 is 0 Å². The number of ketones is 1. The van der Waals surface area contributed by atoms with Crippen LogP contribution in [0.15, 0.2) is 83.1 Å². The summed E-state index contributed by atoms with van der Waals surface area (Å²) < 4.78 is 6.10. The van der Waals surface area contributed by atoms with Gasteiger partial charge in [0.2, 0.25) is 0 Å². The predicted molar refractivity (Wildman–Crippen MR) is 119 cm³/mol. The van der Waals surface area contributed by atoms with Crippen molar-refractivity contribution >= 4 is 33.4 Å². The minimum atomic E-state index is -0.729. The Morgan fingerprint density at radius 2 is 1.81 bits per heavy atom. The minimum absolute atomic E-state index is 0.0506. The number of aliphatic hydroxyl groups excluding tert-OH is 1. The number of amides is 1. The molecule has 0 spiro atoms. The summed E-state index contributed by atoms with van der Waals surface area (Å²) in [5, 5.41) is 11.1. The Bertz CT molecular complexity index is 1160. The van der Waals surface area contributed by atoms with Crippen LogP contribution in [0.5, 0.6) is 5.75 Å². The minimum Gasteiger partial charge on any atom is -0.507 e. The first-order valence-corrected chi connectivity index (χ1v) is 10.4. The van der Waals surface area contributed by atoms with Crippen molar-refractivity contribution in [2.75, 3.05) is 7.11 Å². The van der Waals surface area contributed by atoms with Crippen LogP contribution < -0.4 is 4.74 Å². The van der Waals surface area contributed by atoms with Gasteiger partial charge in [-0.15, -0.1) is 0 Å². The highest BCUT2D eigenvalue weighted by Gasteiger charge is 2.46. The summed E-state index contributed by atoms with van der Waals surface area (Å²) in [6.45, 7) is 0.211. The summed E-state index contributed by atoms with van der Waals surface area (Å²) in [6.07, 6.45) is 3.27. The number of Topliss-reactive ketones (excluding diaryl/α,β-unsaturated/α-hetero) is 1. The molecule has 0 saturated carbocycles. The second-order valence-electron chi connectivity index (χ2n) is 7.07. The zero-order chi connectivity index (χ0) is 22.0. The quantitative estimate of drug-likeness (QED) is 0.332. The summed E-state index contributed by atoms with van der Waals surface area (Å²) in [5.41, 5.74) is 2.01. The van der Waals surface area contributed by atoms with Crippen LogP contribution in [0.25, 0.3) is 5.76 Å². The maximum atomic E-state index is 13.1. The number of benzene rings is 2. The average molecular weight is 479 g/mol. The number of aliphatic hydroxyl groups is 1. The Balaban J connectivity index is 1.86. The third kappa shape index (κ3) is 4.09. The van der Waals surface area contributed by atoms with E-state index in [2.05, 4.69) is 20.9 Å². The fraction of sp³-hybridized carbons (Fsp3) is 0.125. The van der Waals surface area contributed by atoms with Crippen molar-refractivity contribution in [3.05, 3.63) is 99.8 Å². The molecule has 31 heavy (non-hydrogen) atoms. The first-order valence-electron chi connectivity index (χ1n) is 9.57. The number of nitrogens with zero attached hydrogens (tertiary/aromatic N) is 2. The van der Waals surface area contributed by atoms with Gasteiger partial charge in [-0.2, -0.15) is 0 Å².